The third kappa shape index (κ3) is 74.4. The van der Waals surface area contributed by atoms with Gasteiger partial charge in [-0.1, -0.05) is 0 Å². The van der Waals surface area contributed by atoms with Crippen LogP contribution in [0.15, 0.2) is 0 Å². The minimum Gasteiger partial charge on any atom is -0.480 e. The van der Waals surface area contributed by atoms with Crippen LogP contribution in [0.4, 0.5) is 0 Å². The molecule has 0 aromatic rings. The van der Waals surface area contributed by atoms with Gasteiger partial charge in [-0.25, -0.2) is 30.6 Å². The maximum atomic E-state index is 9.99. The summed E-state index contributed by atoms with van der Waals surface area (Å²) in [6.45, 7) is 0. The fourth-order valence-corrected chi connectivity index (χ4v) is 0.304. The van der Waals surface area contributed by atoms with Crippen LogP contribution in [0.1, 0.15) is 6.42 Å². The van der Waals surface area contributed by atoms with E-state index in [1.807, 2.05) is 0 Å². The molecule has 0 saturated heterocycles. The summed E-state index contributed by atoms with van der Waals surface area (Å²) in [7, 11) is 0. The van der Waals surface area contributed by atoms with E-state index in [1.165, 1.54) is 0 Å². The van der Waals surface area contributed by atoms with Gasteiger partial charge in [-0.15, -0.1) is 0 Å². The minimum absolute atomic E-state index is 0.310. The Labute approximate surface area is 100 Å². The van der Waals surface area contributed by atoms with Gasteiger partial charge < -0.3 is 16.6 Å². The van der Waals surface area contributed by atoms with Crippen LogP contribution in [0.3, 0.4) is 0 Å². The smallest absolute Gasteiger partial charge is 0.321 e. The fraction of sp³-hybridized carbons (Fsp3) is 0.286. The van der Waals surface area contributed by atoms with Crippen LogP contribution in [-0.4, -0.2) is 41.3 Å². The van der Waals surface area contributed by atoms with Crippen molar-refractivity contribution < 1.29 is 29.1 Å². The third-order valence-electron chi connectivity index (χ3n) is 0.738. The van der Waals surface area contributed by atoms with Gasteiger partial charge in [-0.3, -0.25) is 9.59 Å². The lowest BCUT2D eigenvalue weighted by Crippen LogP contribution is -2.34. The van der Waals surface area contributed by atoms with Gasteiger partial charge >= 0.3 is 5.97 Å². The number of aliphatic carboxylic acids is 1. The van der Waals surface area contributed by atoms with E-state index < -0.39 is 17.9 Å². The van der Waals surface area contributed by atoms with Gasteiger partial charge in [0, 0.05) is 0 Å². The molecule has 0 aromatic carbocycles. The zero-order chi connectivity index (χ0) is 15.6. The lowest BCUT2D eigenvalue weighted by molar-refractivity contribution is -0.140. The molecule has 0 aliphatic rings. The Morgan fingerprint density at radius 2 is 1.28 bits per heavy atom. The van der Waals surface area contributed by atoms with Crippen molar-refractivity contribution in [1.82, 2.24) is 0 Å². The van der Waals surface area contributed by atoms with Crippen LogP contribution in [0.5, 0.6) is 0 Å². The zero-order valence-corrected chi connectivity index (χ0v) is 8.93. The highest BCUT2D eigenvalue weighted by Gasteiger charge is 2.13. The third-order valence-corrected chi connectivity index (χ3v) is 0.738. The molecule has 0 spiro atoms. The van der Waals surface area contributed by atoms with E-state index in [-0.39, 0.29) is 6.42 Å². The van der Waals surface area contributed by atoms with Gasteiger partial charge in [-0.2, -0.15) is 0 Å². The Kier molecular flexibility index (Phi) is 32.0. The van der Waals surface area contributed by atoms with Crippen molar-refractivity contribution in [3.63, 3.8) is 0 Å². The summed E-state index contributed by atoms with van der Waals surface area (Å²) in [5.74, 6) is -1.92. The molecule has 11 nitrogen and oxygen atoms in total. The molecule has 0 rings (SSSR count). The highest BCUT2D eigenvalue weighted by molar-refractivity contribution is 5.83. The van der Waals surface area contributed by atoms with E-state index in [1.54, 1.807) is 0 Å². The molecule has 8 N–H and O–H groups in total. The second-order valence-corrected chi connectivity index (χ2v) is 1.92. The number of rotatable bonds is 3. The second kappa shape index (κ2) is 23.7. The molecule has 0 aliphatic heterocycles. The largest absolute Gasteiger partial charge is 0.480 e. The summed E-state index contributed by atoms with van der Waals surface area (Å²) in [4.78, 5) is 44.9. The van der Waals surface area contributed by atoms with Gasteiger partial charge in [0.2, 0.25) is 24.1 Å². The summed E-state index contributed by atoms with van der Waals surface area (Å²) < 4.78 is 0. The zero-order valence-electron chi connectivity index (χ0n) is 8.93. The first-order chi connectivity index (χ1) is 8.28. The van der Waals surface area contributed by atoms with Crippen LogP contribution in [0.2, 0.25) is 0 Å². The number of isocyanates is 3. The first-order valence-electron chi connectivity index (χ1n) is 3.67. The molecule has 11 heteroatoms. The van der Waals surface area contributed by atoms with Crippen molar-refractivity contribution in [2.24, 2.45) is 11.5 Å². The number of nitrogens with two attached hydrogens (primary N) is 2. The van der Waals surface area contributed by atoms with Gasteiger partial charge in [-0.05, 0) is 0 Å². The summed E-state index contributed by atoms with van der Waals surface area (Å²) in [6, 6.07) is -1.16. The predicted molar refractivity (Wildman–Crippen MR) is 54.7 cm³/mol. The lowest BCUT2D eigenvalue weighted by Gasteiger charge is -1.99. The summed E-state index contributed by atoms with van der Waals surface area (Å²) >= 11 is 0. The van der Waals surface area contributed by atoms with Crippen molar-refractivity contribution in [3.8, 4) is 0 Å². The van der Waals surface area contributed by atoms with Crippen LogP contribution in [0, 0.1) is 16.2 Å². The Hall–Kier alpha value is -2.96. The van der Waals surface area contributed by atoms with E-state index in [0.717, 1.165) is 18.2 Å². The quantitative estimate of drug-likeness (QED) is 0.246. The van der Waals surface area contributed by atoms with Crippen molar-refractivity contribution in [2.45, 2.75) is 12.5 Å². The normalized spacial score (nSPS) is 7.61. The monoisotopic (exact) mass is 261 g/mol. The van der Waals surface area contributed by atoms with Crippen molar-refractivity contribution in [3.05, 3.63) is 0 Å². The number of carboxylic acids is 1. The second-order valence-electron chi connectivity index (χ2n) is 1.92. The molecule has 0 saturated carbocycles. The maximum Gasteiger partial charge on any atom is 0.321 e. The highest BCUT2D eigenvalue weighted by atomic mass is 16.4. The highest BCUT2D eigenvalue weighted by Crippen LogP contribution is 1.84. The lowest BCUT2D eigenvalue weighted by atomic mass is 10.2. The number of primary amides is 1. The van der Waals surface area contributed by atoms with Gasteiger partial charge in [0.1, 0.15) is 6.04 Å². The van der Waals surface area contributed by atoms with Crippen molar-refractivity contribution >= 4 is 30.1 Å². The van der Waals surface area contributed by atoms with Crippen LogP contribution in [-0.2, 0) is 24.0 Å². The first kappa shape index (κ1) is 24.3. The average Bonchev–Trinajstić information content (AvgIpc) is 2.19. The molecule has 1 unspecified atom stereocenters. The van der Waals surface area contributed by atoms with Crippen LogP contribution in [0.25, 0.3) is 0 Å². The number of nitrogens with one attached hydrogen (secondary N) is 3. The number of carbonyl (C=O) groups excluding carboxylic acids is 4. The van der Waals surface area contributed by atoms with E-state index in [0.29, 0.717) is 0 Å². The number of carboxylic acid groups (broad SMARTS) is 1. The predicted octanol–water partition coefficient (Wildman–Crippen LogP) is -2.02. The standard InChI is InChI=1S/C4H8N2O3.3CHNO/c5-2(4(8)9)1-3(6)7;3*2-1-3/h2H,1,5H2,(H2,6,7)(H,8,9);3*2H. The van der Waals surface area contributed by atoms with E-state index in [2.05, 4.69) is 5.73 Å². The fourth-order valence-electron chi connectivity index (χ4n) is 0.304. The van der Waals surface area contributed by atoms with Crippen molar-refractivity contribution in [1.29, 1.82) is 16.2 Å². The van der Waals surface area contributed by atoms with E-state index >= 15 is 0 Å². The average molecular weight is 261 g/mol. The Bertz CT molecular complexity index is 308. The van der Waals surface area contributed by atoms with Crippen molar-refractivity contribution in [2.75, 3.05) is 0 Å². The first-order valence-corrected chi connectivity index (χ1v) is 3.67. The SMILES string of the molecule is N=C=O.N=C=O.N=C=O.NC(=O)CC(N)C(=O)O. The van der Waals surface area contributed by atoms with Crippen LogP contribution < -0.4 is 11.5 Å². The topological polar surface area (TPSA) is 229 Å². The molecule has 1 atom stereocenters. The molecular formula is C7H11N5O6. The summed E-state index contributed by atoms with van der Waals surface area (Å²) in [5.41, 5.74) is 9.57. The minimum atomic E-state index is -1.21. The molecule has 1 amide bonds. The Morgan fingerprint density at radius 1 is 1.06 bits per heavy atom. The molecule has 0 bridgehead atoms. The number of amides is 1. The number of carbonyl (C=O) groups is 2. The molecule has 0 radical (unpaired) electrons. The molecule has 100 valence electrons. The summed E-state index contributed by atoms with van der Waals surface area (Å²) in [6.07, 6.45) is 1.94. The molecule has 18 heavy (non-hydrogen) atoms. The Morgan fingerprint density at radius 3 is 1.33 bits per heavy atom. The molecule has 0 aliphatic carbocycles. The van der Waals surface area contributed by atoms with Crippen LogP contribution >= 0.6 is 0 Å². The molecule has 0 aromatic heterocycles. The molecule has 0 heterocycles. The molecule has 0 fully saturated rings. The number of hydrogen-bond acceptors (Lipinski definition) is 9. The van der Waals surface area contributed by atoms with Gasteiger partial charge in [0.25, 0.3) is 0 Å². The van der Waals surface area contributed by atoms with Gasteiger partial charge in [0.05, 0.1) is 6.42 Å². The Balaban J connectivity index is -0.0000000902. The molecular weight excluding hydrogens is 250 g/mol. The maximum absolute atomic E-state index is 9.99. The number of hydrogen-bond donors (Lipinski definition) is 6. The van der Waals surface area contributed by atoms with E-state index in [4.69, 9.17) is 41.5 Å². The van der Waals surface area contributed by atoms with Gasteiger partial charge in [0.15, 0.2) is 0 Å². The summed E-state index contributed by atoms with van der Waals surface area (Å²) in [5, 5.41) is 24.3. The van der Waals surface area contributed by atoms with E-state index in [9.17, 15) is 9.59 Å².